The molecule has 1 aromatic heterocycles. The van der Waals surface area contributed by atoms with Gasteiger partial charge in [-0.1, -0.05) is 22.9 Å². The molecule has 0 saturated heterocycles. The number of nitrogens with zero attached hydrogens (tertiary/aromatic N) is 1. The van der Waals surface area contributed by atoms with Crippen LogP contribution in [0.3, 0.4) is 0 Å². The van der Waals surface area contributed by atoms with Gasteiger partial charge in [-0.3, -0.25) is 0 Å². The maximum atomic E-state index is 5.81. The number of H-pyrrole nitrogens is 2. The summed E-state index contributed by atoms with van der Waals surface area (Å²) in [7, 11) is 0. The highest BCUT2D eigenvalue weighted by Gasteiger charge is 2.06. The molecule has 0 radical (unpaired) electrons. The number of hydrogen-bond acceptors (Lipinski definition) is 1. The van der Waals surface area contributed by atoms with Crippen LogP contribution < -0.4 is 5.10 Å². The molecule has 2 aromatic rings. The molecule has 4 heteroatoms. The van der Waals surface area contributed by atoms with E-state index >= 15 is 0 Å². The van der Waals surface area contributed by atoms with E-state index in [0.717, 1.165) is 11.0 Å². The smallest absolute Gasteiger partial charge is 0.167 e. The van der Waals surface area contributed by atoms with Gasteiger partial charge in [0.25, 0.3) is 0 Å². The zero-order chi connectivity index (χ0) is 6.97. The summed E-state index contributed by atoms with van der Waals surface area (Å²) in [6.45, 7) is 0. The zero-order valence-corrected chi connectivity index (χ0v) is 5.81. The molecule has 0 amide bonds. The largest absolute Gasteiger partial charge is 0.250 e. The van der Waals surface area contributed by atoms with Crippen molar-refractivity contribution in [2.45, 2.75) is 0 Å². The van der Waals surface area contributed by atoms with Crippen LogP contribution in [-0.4, -0.2) is 10.3 Å². The normalized spacial score (nSPS) is 10.5. The average molecular weight is 155 g/mol. The Kier molecular flexibility index (Phi) is 1.11. The number of para-hydroxylation sites is 1. The minimum Gasteiger partial charge on any atom is -0.167 e. The van der Waals surface area contributed by atoms with E-state index in [1.165, 1.54) is 0 Å². The van der Waals surface area contributed by atoms with Crippen LogP contribution in [-0.2, 0) is 0 Å². The molecule has 0 aliphatic carbocycles. The van der Waals surface area contributed by atoms with Gasteiger partial charge in [0.2, 0.25) is 11.0 Å². The number of benzene rings is 1. The van der Waals surface area contributed by atoms with Gasteiger partial charge in [0, 0.05) is 5.10 Å². The summed E-state index contributed by atoms with van der Waals surface area (Å²) >= 11 is 5.81. The van der Waals surface area contributed by atoms with Gasteiger partial charge in [-0.05, 0) is 12.1 Å². The minimum atomic E-state index is 0.686. The number of fused-ring (bicyclic) bond motifs is 1. The number of nitrogens with one attached hydrogen (secondary N) is 2. The average Bonchev–Trinajstić information content (AvgIpc) is 2.36. The third-order valence-electron chi connectivity index (χ3n) is 1.35. The summed E-state index contributed by atoms with van der Waals surface area (Å²) in [5, 5.41) is 10.0. The van der Waals surface area contributed by atoms with Crippen LogP contribution in [0.2, 0.25) is 5.02 Å². The fourth-order valence-electron chi connectivity index (χ4n) is 0.874. The maximum absolute atomic E-state index is 5.81. The Morgan fingerprint density at radius 3 is 3.20 bits per heavy atom. The monoisotopic (exact) mass is 154 g/mol. The predicted octanol–water partition coefficient (Wildman–Crippen LogP) is 1.03. The summed E-state index contributed by atoms with van der Waals surface area (Å²) in [6, 6.07) is 5.56. The van der Waals surface area contributed by atoms with E-state index in [0.29, 0.717) is 5.02 Å². The van der Waals surface area contributed by atoms with Gasteiger partial charge in [-0.2, -0.15) is 5.10 Å². The molecule has 0 fully saturated rings. The molecule has 0 saturated carbocycles. The molecular formula is C6H5ClN3+. The van der Waals surface area contributed by atoms with Gasteiger partial charge in [-0.15, -0.1) is 0 Å². The van der Waals surface area contributed by atoms with E-state index in [9.17, 15) is 0 Å². The molecule has 2 N–H and O–H groups in total. The molecule has 0 aliphatic heterocycles. The molecule has 0 aliphatic rings. The molecule has 50 valence electrons. The maximum Gasteiger partial charge on any atom is 0.250 e. The molecule has 0 bridgehead atoms. The van der Waals surface area contributed by atoms with E-state index in [1.54, 1.807) is 0 Å². The van der Waals surface area contributed by atoms with Gasteiger partial charge in [-0.25, -0.2) is 0 Å². The lowest BCUT2D eigenvalue weighted by Gasteiger charge is -1.81. The second kappa shape index (κ2) is 1.95. The SMILES string of the molecule is Clc1cccc2n[nH][nH+]c12. The Balaban J connectivity index is 2.95. The van der Waals surface area contributed by atoms with Crippen LogP contribution in [0, 0.1) is 0 Å². The van der Waals surface area contributed by atoms with Gasteiger partial charge in [0.15, 0.2) is 0 Å². The lowest BCUT2D eigenvalue weighted by atomic mass is 10.3. The van der Waals surface area contributed by atoms with Crippen molar-refractivity contribution in [2.75, 3.05) is 0 Å². The quantitative estimate of drug-likeness (QED) is 0.605. The Bertz CT molecular complexity index is 355. The van der Waals surface area contributed by atoms with Crippen molar-refractivity contribution in [3.8, 4) is 0 Å². The molecule has 2 rings (SSSR count). The van der Waals surface area contributed by atoms with Crippen molar-refractivity contribution in [1.29, 1.82) is 0 Å². The van der Waals surface area contributed by atoms with Crippen LogP contribution in [0.25, 0.3) is 11.0 Å². The van der Waals surface area contributed by atoms with E-state index in [1.807, 2.05) is 18.2 Å². The summed E-state index contributed by atoms with van der Waals surface area (Å²) in [5.74, 6) is 0. The standard InChI is InChI=1S/C6H4ClN3/c7-4-2-1-3-5-6(4)9-10-8-5/h1-3H,(H,8,9,10)/p+1. The molecular weight excluding hydrogens is 150 g/mol. The summed E-state index contributed by atoms with van der Waals surface area (Å²) < 4.78 is 0. The van der Waals surface area contributed by atoms with E-state index < -0.39 is 0 Å². The minimum absolute atomic E-state index is 0.686. The van der Waals surface area contributed by atoms with Crippen molar-refractivity contribution in [1.82, 2.24) is 10.3 Å². The molecule has 0 spiro atoms. The van der Waals surface area contributed by atoms with Crippen molar-refractivity contribution in [2.24, 2.45) is 0 Å². The zero-order valence-electron chi connectivity index (χ0n) is 5.06. The lowest BCUT2D eigenvalue weighted by Crippen LogP contribution is -2.01. The molecule has 10 heavy (non-hydrogen) atoms. The van der Waals surface area contributed by atoms with Crippen LogP contribution >= 0.6 is 11.6 Å². The topological polar surface area (TPSA) is 42.8 Å². The third kappa shape index (κ3) is 0.675. The molecule has 3 nitrogen and oxygen atoms in total. The molecule has 1 aromatic carbocycles. The van der Waals surface area contributed by atoms with Crippen molar-refractivity contribution >= 4 is 22.6 Å². The lowest BCUT2D eigenvalue weighted by molar-refractivity contribution is -0.426. The van der Waals surface area contributed by atoms with E-state index in [-0.39, 0.29) is 0 Å². The Morgan fingerprint density at radius 1 is 1.50 bits per heavy atom. The number of aromatic nitrogens is 3. The highest BCUT2D eigenvalue weighted by atomic mass is 35.5. The van der Waals surface area contributed by atoms with Gasteiger partial charge in [0.05, 0.1) is 5.02 Å². The van der Waals surface area contributed by atoms with Crippen molar-refractivity contribution in [3.05, 3.63) is 23.2 Å². The number of halogens is 1. The van der Waals surface area contributed by atoms with E-state index in [2.05, 4.69) is 15.4 Å². The van der Waals surface area contributed by atoms with Crippen molar-refractivity contribution < 1.29 is 5.10 Å². The molecule has 0 atom stereocenters. The fraction of sp³-hybridized carbons (Fsp3) is 0. The van der Waals surface area contributed by atoms with Gasteiger partial charge in [0.1, 0.15) is 0 Å². The Morgan fingerprint density at radius 2 is 2.40 bits per heavy atom. The molecule has 1 heterocycles. The van der Waals surface area contributed by atoms with Crippen LogP contribution in [0.15, 0.2) is 18.2 Å². The Hall–Kier alpha value is -1.09. The van der Waals surface area contributed by atoms with Crippen LogP contribution in [0.4, 0.5) is 0 Å². The first-order chi connectivity index (χ1) is 4.88. The number of rotatable bonds is 0. The second-order valence-corrected chi connectivity index (χ2v) is 2.39. The van der Waals surface area contributed by atoms with Crippen LogP contribution in [0.5, 0.6) is 0 Å². The third-order valence-corrected chi connectivity index (χ3v) is 1.66. The summed E-state index contributed by atoms with van der Waals surface area (Å²) in [6.07, 6.45) is 0. The van der Waals surface area contributed by atoms with Gasteiger partial charge >= 0.3 is 0 Å². The van der Waals surface area contributed by atoms with Crippen molar-refractivity contribution in [3.63, 3.8) is 0 Å². The van der Waals surface area contributed by atoms with Gasteiger partial charge < -0.3 is 0 Å². The second-order valence-electron chi connectivity index (χ2n) is 1.98. The molecule has 0 unspecified atom stereocenters. The summed E-state index contributed by atoms with van der Waals surface area (Å²) in [5.41, 5.74) is 1.71. The first-order valence-electron chi connectivity index (χ1n) is 2.88. The fourth-order valence-corrected chi connectivity index (χ4v) is 1.09. The highest BCUT2D eigenvalue weighted by molar-refractivity contribution is 6.34. The first kappa shape index (κ1) is 5.68. The van der Waals surface area contributed by atoms with Crippen LogP contribution in [0.1, 0.15) is 0 Å². The first-order valence-corrected chi connectivity index (χ1v) is 3.26. The highest BCUT2D eigenvalue weighted by Crippen LogP contribution is 2.15. The number of hydrogen-bond donors (Lipinski definition) is 1. The predicted molar refractivity (Wildman–Crippen MR) is 37.7 cm³/mol. The Labute approximate surface area is 62.0 Å². The summed E-state index contributed by atoms with van der Waals surface area (Å²) in [4.78, 5) is 0. The number of aromatic amines is 2. The van der Waals surface area contributed by atoms with E-state index in [4.69, 9.17) is 11.6 Å².